The summed E-state index contributed by atoms with van der Waals surface area (Å²) in [6.45, 7) is 0.603. The van der Waals surface area contributed by atoms with Crippen molar-refractivity contribution in [3.05, 3.63) is 106 Å². The van der Waals surface area contributed by atoms with E-state index in [0.717, 1.165) is 5.56 Å². The number of carbonyl (C=O) groups excluding carboxylic acids is 1. The quantitative estimate of drug-likeness (QED) is 0.407. The van der Waals surface area contributed by atoms with Gasteiger partial charge < -0.3 is 15.1 Å². The highest BCUT2D eigenvalue weighted by Gasteiger charge is 2.20. The Morgan fingerprint density at radius 3 is 2.67 bits per heavy atom. The maximum Gasteiger partial charge on any atom is 0.309 e. The van der Waals surface area contributed by atoms with Gasteiger partial charge in [-0.2, -0.15) is 4.73 Å². The Hall–Kier alpha value is -4.53. The minimum Gasteiger partial charge on any atom is -0.425 e. The number of carbonyl (C=O) groups is 1. The topological polar surface area (TPSA) is 102 Å². The van der Waals surface area contributed by atoms with Gasteiger partial charge in [0.1, 0.15) is 11.3 Å². The van der Waals surface area contributed by atoms with E-state index in [2.05, 4.69) is 15.3 Å². The van der Waals surface area contributed by atoms with Gasteiger partial charge in [-0.05, 0) is 35.9 Å². The smallest absolute Gasteiger partial charge is 0.309 e. The molecule has 0 radical (unpaired) electrons. The molecule has 4 heterocycles. The molecule has 5 aromatic rings. The molecule has 2 N–H and O–H groups in total. The number of aromatic nitrogens is 4. The van der Waals surface area contributed by atoms with Gasteiger partial charge in [0, 0.05) is 35.9 Å². The number of fused-ring (bicyclic) bond motifs is 3. The van der Waals surface area contributed by atoms with Gasteiger partial charge in [-0.15, -0.1) is 0 Å². The Bertz CT molecular complexity index is 1540. The van der Waals surface area contributed by atoms with Crippen molar-refractivity contribution in [1.82, 2.24) is 24.6 Å². The summed E-state index contributed by atoms with van der Waals surface area (Å²) >= 11 is 0. The Labute approximate surface area is 186 Å². The van der Waals surface area contributed by atoms with Gasteiger partial charge in [0.15, 0.2) is 0 Å². The summed E-state index contributed by atoms with van der Waals surface area (Å²) in [6, 6.07) is 13.1. The third-order valence-electron chi connectivity index (χ3n) is 5.42. The molecular formula is C24H18FN5O3. The van der Waals surface area contributed by atoms with Crippen LogP contribution in [0.5, 0.6) is 0 Å². The molecule has 8 nitrogen and oxygen atoms in total. The fourth-order valence-corrected chi connectivity index (χ4v) is 3.82. The van der Waals surface area contributed by atoms with Crippen molar-refractivity contribution in [2.24, 2.45) is 0 Å². The van der Waals surface area contributed by atoms with E-state index in [1.165, 1.54) is 24.5 Å². The fraction of sp³-hybridized carbons (Fsp3) is 0.0833. The zero-order valence-corrected chi connectivity index (χ0v) is 17.3. The van der Waals surface area contributed by atoms with Gasteiger partial charge in [0.05, 0.1) is 29.5 Å². The van der Waals surface area contributed by atoms with E-state index in [4.69, 9.17) is 0 Å². The molecule has 9 heteroatoms. The summed E-state index contributed by atoms with van der Waals surface area (Å²) in [6.07, 6.45) is 6.05. The summed E-state index contributed by atoms with van der Waals surface area (Å²) in [5.41, 5.74) is 1.89. The van der Waals surface area contributed by atoms with Gasteiger partial charge in [0.25, 0.3) is 5.91 Å². The first-order chi connectivity index (χ1) is 16.0. The van der Waals surface area contributed by atoms with E-state index in [1.807, 2.05) is 10.6 Å². The lowest BCUT2D eigenvalue weighted by molar-refractivity contribution is 0.0952. The van der Waals surface area contributed by atoms with Crippen LogP contribution in [0.3, 0.4) is 0 Å². The van der Waals surface area contributed by atoms with E-state index >= 15 is 0 Å². The number of halogens is 1. The number of pyridine rings is 3. The molecule has 0 aliphatic rings. The predicted molar refractivity (Wildman–Crippen MR) is 120 cm³/mol. The average Bonchev–Trinajstić information content (AvgIpc) is 3.20. The van der Waals surface area contributed by atoms with Crippen LogP contribution in [0.2, 0.25) is 0 Å². The highest BCUT2D eigenvalue weighted by molar-refractivity contribution is 6.16. The molecule has 0 saturated heterocycles. The molecule has 0 atom stereocenters. The van der Waals surface area contributed by atoms with E-state index in [-0.39, 0.29) is 23.8 Å². The summed E-state index contributed by atoms with van der Waals surface area (Å²) in [5.74, 6) is -0.678. The number of rotatable bonds is 5. The summed E-state index contributed by atoms with van der Waals surface area (Å²) < 4.78 is 15.6. The second-order valence-corrected chi connectivity index (χ2v) is 7.55. The molecule has 0 fully saturated rings. The molecule has 0 bridgehead atoms. The van der Waals surface area contributed by atoms with E-state index in [9.17, 15) is 19.2 Å². The van der Waals surface area contributed by atoms with Crippen LogP contribution in [0.4, 0.5) is 4.39 Å². The first-order valence-corrected chi connectivity index (χ1v) is 10.2. The van der Waals surface area contributed by atoms with Crippen molar-refractivity contribution in [2.75, 3.05) is 0 Å². The van der Waals surface area contributed by atoms with Crippen LogP contribution >= 0.6 is 0 Å². The minimum atomic E-state index is -0.680. The van der Waals surface area contributed by atoms with Gasteiger partial charge in [0.2, 0.25) is 0 Å². The highest BCUT2D eigenvalue weighted by atomic mass is 19.1. The molecule has 0 aliphatic carbocycles. The highest BCUT2D eigenvalue weighted by Crippen LogP contribution is 2.28. The van der Waals surface area contributed by atoms with Crippen molar-refractivity contribution >= 4 is 27.7 Å². The third kappa shape index (κ3) is 3.80. The Kier molecular flexibility index (Phi) is 5.06. The average molecular weight is 443 g/mol. The molecule has 0 spiro atoms. The Morgan fingerprint density at radius 2 is 1.91 bits per heavy atom. The van der Waals surface area contributed by atoms with Crippen molar-refractivity contribution in [2.45, 2.75) is 13.1 Å². The lowest BCUT2D eigenvalue weighted by atomic mass is 10.1. The summed E-state index contributed by atoms with van der Waals surface area (Å²) in [5, 5.41) is 13.6. The summed E-state index contributed by atoms with van der Waals surface area (Å²) in [4.78, 5) is 34.0. The fourth-order valence-electron chi connectivity index (χ4n) is 3.82. The monoisotopic (exact) mass is 443 g/mol. The first-order valence-electron chi connectivity index (χ1n) is 10.2. The van der Waals surface area contributed by atoms with Crippen LogP contribution in [0, 0.1) is 5.82 Å². The second kappa shape index (κ2) is 8.19. The minimum absolute atomic E-state index is 0.0470. The lowest BCUT2D eigenvalue weighted by Crippen LogP contribution is -2.23. The molecule has 1 aromatic carbocycles. The van der Waals surface area contributed by atoms with E-state index in [0.29, 0.717) is 38.8 Å². The number of nitrogens with zero attached hydrogens (tertiary/aromatic N) is 4. The van der Waals surface area contributed by atoms with Crippen LogP contribution in [0.1, 0.15) is 21.6 Å². The molecular weight excluding hydrogens is 425 g/mol. The van der Waals surface area contributed by atoms with Gasteiger partial charge in [-0.1, -0.05) is 18.2 Å². The standard InChI is InChI=1S/C24H18FN5O3/c25-16-6-4-15(5-7-16)13-29-14-19(23(31)28-11-17-3-1-2-9-26-17)21-18-8-10-30(33)24(32)22(18)27-12-20(21)29/h1-10,12,14,33H,11,13H2,(H,28,31). The van der Waals surface area contributed by atoms with Crippen LogP contribution in [0.15, 0.2) is 78.1 Å². The molecule has 0 saturated carbocycles. The molecule has 4 aromatic heterocycles. The van der Waals surface area contributed by atoms with Crippen molar-refractivity contribution in [3.8, 4) is 0 Å². The molecule has 164 valence electrons. The summed E-state index contributed by atoms with van der Waals surface area (Å²) in [7, 11) is 0. The zero-order chi connectivity index (χ0) is 22.9. The Morgan fingerprint density at radius 1 is 1.09 bits per heavy atom. The van der Waals surface area contributed by atoms with Crippen molar-refractivity contribution in [3.63, 3.8) is 0 Å². The number of benzene rings is 1. The number of nitrogens with one attached hydrogen (secondary N) is 1. The predicted octanol–water partition coefficient (Wildman–Crippen LogP) is 3.10. The van der Waals surface area contributed by atoms with Crippen LogP contribution < -0.4 is 10.9 Å². The molecule has 1 amide bonds. The number of amides is 1. The van der Waals surface area contributed by atoms with Gasteiger partial charge >= 0.3 is 5.56 Å². The van der Waals surface area contributed by atoms with Gasteiger partial charge in [-0.25, -0.2) is 9.37 Å². The zero-order valence-electron chi connectivity index (χ0n) is 17.3. The number of hydrogen-bond acceptors (Lipinski definition) is 5. The molecule has 33 heavy (non-hydrogen) atoms. The maximum absolute atomic E-state index is 13.3. The van der Waals surface area contributed by atoms with Crippen LogP contribution in [-0.4, -0.2) is 30.4 Å². The van der Waals surface area contributed by atoms with Gasteiger partial charge in [-0.3, -0.25) is 14.6 Å². The second-order valence-electron chi connectivity index (χ2n) is 7.55. The largest absolute Gasteiger partial charge is 0.425 e. The van der Waals surface area contributed by atoms with Crippen molar-refractivity contribution in [1.29, 1.82) is 0 Å². The molecule has 0 aliphatic heterocycles. The van der Waals surface area contributed by atoms with E-state index < -0.39 is 5.56 Å². The lowest BCUT2D eigenvalue weighted by Gasteiger charge is -2.07. The van der Waals surface area contributed by atoms with Crippen LogP contribution in [0.25, 0.3) is 21.8 Å². The van der Waals surface area contributed by atoms with Crippen molar-refractivity contribution < 1.29 is 14.4 Å². The van der Waals surface area contributed by atoms with Crippen LogP contribution in [-0.2, 0) is 13.1 Å². The first kappa shape index (κ1) is 20.4. The Balaban J connectivity index is 1.63. The third-order valence-corrected chi connectivity index (χ3v) is 5.42. The maximum atomic E-state index is 13.3. The molecule has 0 unspecified atom stereocenters. The SMILES string of the molecule is O=C(NCc1ccccn1)c1cn(Cc2ccc(F)cc2)c2cnc3c(=O)n(O)ccc3c12. The normalized spacial score (nSPS) is 11.2. The number of hydrogen-bond donors (Lipinski definition) is 2. The van der Waals surface area contributed by atoms with E-state index in [1.54, 1.807) is 42.7 Å². The molecule has 5 rings (SSSR count).